The Hall–Kier alpha value is -5.65. The summed E-state index contributed by atoms with van der Waals surface area (Å²) in [6, 6.07) is 29.1. The zero-order valence-corrected chi connectivity index (χ0v) is 26.1. The first-order chi connectivity index (χ1) is 23.3. The van der Waals surface area contributed by atoms with Crippen LogP contribution in [0.2, 0.25) is 0 Å². The summed E-state index contributed by atoms with van der Waals surface area (Å²) >= 11 is 0. The van der Waals surface area contributed by atoms with Gasteiger partial charge < -0.3 is 40.4 Å². The number of H-pyrrole nitrogens is 1. The maximum atomic E-state index is 12.5. The minimum atomic E-state index is -1.13. The number of carboxylic acid groups (broad SMARTS) is 1. The van der Waals surface area contributed by atoms with Gasteiger partial charge in [-0.3, -0.25) is 4.79 Å². The number of hydrogen-bond acceptors (Lipinski definition) is 8. The molecule has 0 radical (unpaired) electrons. The molecule has 11 heteroatoms. The van der Waals surface area contributed by atoms with E-state index >= 15 is 0 Å². The van der Waals surface area contributed by atoms with Gasteiger partial charge in [0.05, 0.1) is 36.4 Å². The molecular formula is C37H37N3O8. The van der Waals surface area contributed by atoms with Crippen LogP contribution in [0.3, 0.4) is 0 Å². The number of aromatic amines is 1. The number of benzene rings is 4. The Morgan fingerprint density at radius 1 is 0.854 bits per heavy atom. The minimum absolute atomic E-state index is 0.0577. The predicted octanol–water partition coefficient (Wildman–Crippen LogP) is 5.08. The number of aliphatic hydroxyl groups is 1. The predicted molar refractivity (Wildman–Crippen MR) is 180 cm³/mol. The molecule has 2 atom stereocenters. The summed E-state index contributed by atoms with van der Waals surface area (Å²) in [4.78, 5) is 38.2. The average Bonchev–Trinajstić information content (AvgIpc) is 3.10. The van der Waals surface area contributed by atoms with E-state index in [2.05, 4.69) is 15.6 Å². The second-order valence-electron chi connectivity index (χ2n) is 11.2. The summed E-state index contributed by atoms with van der Waals surface area (Å²) in [5.41, 5.74) is 3.54. The van der Waals surface area contributed by atoms with Crippen molar-refractivity contribution < 1.29 is 34.4 Å². The van der Waals surface area contributed by atoms with Crippen LogP contribution in [-0.4, -0.2) is 58.7 Å². The maximum absolute atomic E-state index is 12.5. The fourth-order valence-corrected chi connectivity index (χ4v) is 5.35. The van der Waals surface area contributed by atoms with Gasteiger partial charge >= 0.3 is 12.1 Å². The highest BCUT2D eigenvalue weighted by Crippen LogP contribution is 2.29. The number of carbonyl (C=O) groups excluding carboxylic acids is 1. The molecule has 2 unspecified atom stereocenters. The number of ether oxygens (including phenoxy) is 2. The van der Waals surface area contributed by atoms with E-state index in [9.17, 15) is 29.7 Å². The lowest BCUT2D eigenvalue weighted by Crippen LogP contribution is -2.27. The van der Waals surface area contributed by atoms with Gasteiger partial charge in [-0.25, -0.2) is 9.59 Å². The van der Waals surface area contributed by atoms with Crippen LogP contribution in [0, 0.1) is 0 Å². The largest absolute Gasteiger partial charge is 0.506 e. The van der Waals surface area contributed by atoms with Crippen LogP contribution >= 0.6 is 0 Å². The molecule has 1 heterocycles. The summed E-state index contributed by atoms with van der Waals surface area (Å²) in [7, 11) is 0. The highest BCUT2D eigenvalue weighted by Gasteiger charge is 2.17. The lowest BCUT2D eigenvalue weighted by molar-refractivity contribution is 0.0486. The number of rotatable bonds is 15. The third-order valence-corrected chi connectivity index (χ3v) is 7.77. The number of aromatic hydroxyl groups is 1. The number of fused-ring (bicyclic) bond motifs is 1. The van der Waals surface area contributed by atoms with Crippen molar-refractivity contribution in [1.82, 2.24) is 15.6 Å². The molecule has 4 aromatic carbocycles. The van der Waals surface area contributed by atoms with Gasteiger partial charge in [0.1, 0.15) is 11.5 Å². The van der Waals surface area contributed by atoms with E-state index in [0.29, 0.717) is 53.8 Å². The van der Waals surface area contributed by atoms with Crippen LogP contribution in [0.15, 0.2) is 108 Å². The second kappa shape index (κ2) is 16.3. The third kappa shape index (κ3) is 8.99. The van der Waals surface area contributed by atoms with Crippen LogP contribution in [0.25, 0.3) is 10.9 Å². The minimum Gasteiger partial charge on any atom is -0.506 e. The van der Waals surface area contributed by atoms with Crippen molar-refractivity contribution in [2.24, 2.45) is 0 Å². The van der Waals surface area contributed by atoms with Crippen molar-refractivity contribution in [1.29, 1.82) is 0 Å². The van der Waals surface area contributed by atoms with Gasteiger partial charge in [0, 0.05) is 24.4 Å². The van der Waals surface area contributed by atoms with E-state index in [0.717, 1.165) is 16.7 Å². The Morgan fingerprint density at radius 2 is 1.62 bits per heavy atom. The van der Waals surface area contributed by atoms with E-state index in [-0.39, 0.29) is 24.5 Å². The number of nitrogens with one attached hydrogen (secondary N) is 3. The molecule has 0 saturated carbocycles. The summed E-state index contributed by atoms with van der Waals surface area (Å²) < 4.78 is 11.3. The lowest BCUT2D eigenvalue weighted by atomic mass is 9.99. The number of carbonyl (C=O) groups is 2. The molecule has 1 amide bonds. The zero-order chi connectivity index (χ0) is 33.9. The van der Waals surface area contributed by atoms with Gasteiger partial charge in [-0.15, -0.1) is 0 Å². The van der Waals surface area contributed by atoms with Crippen molar-refractivity contribution in [3.63, 3.8) is 0 Å². The van der Waals surface area contributed by atoms with Gasteiger partial charge in [0.25, 0.3) is 0 Å². The number of aromatic nitrogens is 1. The Labute approximate surface area is 276 Å². The molecule has 248 valence electrons. The number of amides is 1. The topological polar surface area (TPSA) is 170 Å². The van der Waals surface area contributed by atoms with E-state index in [4.69, 9.17) is 9.47 Å². The smallest absolute Gasteiger partial charge is 0.405 e. The second-order valence-corrected chi connectivity index (χ2v) is 11.2. The first-order valence-electron chi connectivity index (χ1n) is 15.6. The van der Waals surface area contributed by atoms with Crippen molar-refractivity contribution >= 4 is 23.0 Å². The number of hydrogen-bond donors (Lipinski definition) is 6. The number of phenols is 1. The van der Waals surface area contributed by atoms with Gasteiger partial charge in [-0.05, 0) is 71.6 Å². The molecular weight excluding hydrogens is 614 g/mol. The molecule has 5 rings (SSSR count). The van der Waals surface area contributed by atoms with Crippen LogP contribution in [0.5, 0.6) is 11.5 Å². The molecule has 6 N–H and O–H groups in total. The molecule has 11 nitrogen and oxygen atoms in total. The number of pyridine rings is 1. The van der Waals surface area contributed by atoms with Gasteiger partial charge in [0.15, 0.2) is 0 Å². The highest BCUT2D eigenvalue weighted by atomic mass is 16.5. The van der Waals surface area contributed by atoms with Gasteiger partial charge in [-0.2, -0.15) is 0 Å². The molecule has 0 aliphatic heterocycles. The monoisotopic (exact) mass is 651 g/mol. The molecule has 0 spiro atoms. The average molecular weight is 652 g/mol. The summed E-state index contributed by atoms with van der Waals surface area (Å²) in [5.74, 6) is 0.0911. The standard InChI is InChI=1S/C37H37N3O8/c41-31-16-14-29(30-15-17-33(43)39-35(30)31)32(42)23-38-19-18-24-10-12-26(13-11-24)36(44)48-21-5-20-47-28-9-4-8-27(22-28)34(40-37(45)46)25-6-2-1-3-7-25/h1-4,6-17,22,32,34,38,40-42H,5,18-21,23H2,(H,39,43)(H,45,46). The van der Waals surface area contributed by atoms with Crippen LogP contribution in [-0.2, 0) is 11.2 Å². The normalized spacial score (nSPS) is 12.3. The molecule has 0 bridgehead atoms. The molecule has 48 heavy (non-hydrogen) atoms. The van der Waals surface area contributed by atoms with Gasteiger partial charge in [-0.1, -0.05) is 60.7 Å². The van der Waals surface area contributed by atoms with Crippen molar-refractivity contribution in [2.75, 3.05) is 26.3 Å². The molecule has 0 aliphatic carbocycles. The first-order valence-corrected chi connectivity index (χ1v) is 15.6. The summed E-state index contributed by atoms with van der Waals surface area (Å²) in [5, 5.41) is 36.5. The number of phenolic OH excluding ortho intramolecular Hbond substituents is 1. The fourth-order valence-electron chi connectivity index (χ4n) is 5.35. The van der Waals surface area contributed by atoms with Crippen molar-refractivity contribution in [3.8, 4) is 11.5 Å². The Kier molecular flexibility index (Phi) is 11.4. The zero-order valence-electron chi connectivity index (χ0n) is 26.1. The van der Waals surface area contributed by atoms with E-state index < -0.39 is 24.2 Å². The molecule has 0 fully saturated rings. The van der Waals surface area contributed by atoms with Gasteiger partial charge in [0.2, 0.25) is 5.56 Å². The Balaban J connectivity index is 1.02. The quantitative estimate of drug-likeness (QED) is 0.0667. The highest BCUT2D eigenvalue weighted by molar-refractivity contribution is 5.89. The van der Waals surface area contributed by atoms with E-state index in [1.807, 2.05) is 48.5 Å². The Bertz CT molecular complexity index is 1890. The third-order valence-electron chi connectivity index (χ3n) is 7.77. The molecule has 1 aromatic heterocycles. The van der Waals surface area contributed by atoms with Crippen LogP contribution in [0.1, 0.15) is 51.2 Å². The number of aliphatic hydroxyl groups excluding tert-OH is 1. The Morgan fingerprint density at radius 3 is 2.40 bits per heavy atom. The van der Waals surface area contributed by atoms with Crippen LogP contribution in [0.4, 0.5) is 4.79 Å². The van der Waals surface area contributed by atoms with Crippen LogP contribution < -0.4 is 20.9 Å². The SMILES string of the molecule is O=C(O)NC(c1ccccc1)c1cccc(OCCCOC(=O)c2ccc(CCNCC(O)c3ccc(O)c4[nH]c(=O)ccc34)cc2)c1. The van der Waals surface area contributed by atoms with Crippen molar-refractivity contribution in [2.45, 2.75) is 25.0 Å². The molecule has 5 aromatic rings. The lowest BCUT2D eigenvalue weighted by Gasteiger charge is -2.19. The first kappa shape index (κ1) is 33.7. The fraction of sp³-hybridized carbons (Fsp3) is 0.216. The van der Waals surface area contributed by atoms with E-state index in [1.54, 1.807) is 42.5 Å². The summed E-state index contributed by atoms with van der Waals surface area (Å²) in [6.45, 7) is 1.34. The van der Waals surface area contributed by atoms with E-state index in [1.165, 1.54) is 12.1 Å². The summed E-state index contributed by atoms with van der Waals surface area (Å²) in [6.07, 6.45) is -0.833. The molecule has 0 saturated heterocycles. The maximum Gasteiger partial charge on any atom is 0.405 e. The number of esters is 1. The molecule has 0 aliphatic rings. The van der Waals surface area contributed by atoms with Crippen molar-refractivity contribution in [3.05, 3.63) is 141 Å².